The van der Waals surface area contributed by atoms with Crippen LogP contribution in [0.5, 0.6) is 0 Å². The van der Waals surface area contributed by atoms with Crippen molar-refractivity contribution in [3.8, 4) is 0 Å². The minimum atomic E-state index is -0.0610. The molecule has 2 rings (SSSR count). The molecule has 0 N–H and O–H groups in total. The molecule has 112 valence electrons. The number of ether oxygens (including phenoxy) is 2. The summed E-state index contributed by atoms with van der Waals surface area (Å²) in [7, 11) is 3.52. The molecule has 0 saturated carbocycles. The van der Waals surface area contributed by atoms with E-state index in [2.05, 4.69) is 60.7 Å². The largest absolute Gasteiger partial charge is 0.385 e. The van der Waals surface area contributed by atoms with Gasteiger partial charge in [-0.25, -0.2) is 0 Å². The Hall–Kier alpha value is -1.64. The van der Waals surface area contributed by atoms with Crippen molar-refractivity contribution in [1.29, 1.82) is 0 Å². The van der Waals surface area contributed by atoms with E-state index in [9.17, 15) is 0 Å². The highest BCUT2D eigenvalue weighted by Crippen LogP contribution is 2.39. The summed E-state index contributed by atoms with van der Waals surface area (Å²) in [5, 5.41) is 0. The van der Waals surface area contributed by atoms with Gasteiger partial charge in [-0.15, -0.1) is 0 Å². The highest BCUT2D eigenvalue weighted by Gasteiger charge is 2.33. The van der Waals surface area contributed by atoms with Crippen molar-refractivity contribution in [2.75, 3.05) is 27.4 Å². The van der Waals surface area contributed by atoms with Gasteiger partial charge in [-0.05, 0) is 24.0 Å². The summed E-state index contributed by atoms with van der Waals surface area (Å²) >= 11 is 0. The first-order chi connectivity index (χ1) is 10.3. The maximum atomic E-state index is 5.38. The highest BCUT2D eigenvalue weighted by atomic mass is 16.5. The fourth-order valence-corrected chi connectivity index (χ4v) is 2.94. The molecule has 0 heterocycles. The van der Waals surface area contributed by atoms with Gasteiger partial charge >= 0.3 is 0 Å². The Morgan fingerprint density at radius 2 is 1.05 bits per heavy atom. The van der Waals surface area contributed by atoms with Crippen LogP contribution in [0.4, 0.5) is 0 Å². The molecule has 0 atom stereocenters. The molecule has 0 aromatic heterocycles. The van der Waals surface area contributed by atoms with Gasteiger partial charge in [0.15, 0.2) is 0 Å². The predicted octanol–water partition coefficient (Wildman–Crippen LogP) is 4.05. The van der Waals surface area contributed by atoms with E-state index in [1.165, 1.54) is 11.1 Å². The van der Waals surface area contributed by atoms with E-state index >= 15 is 0 Å². The van der Waals surface area contributed by atoms with Crippen molar-refractivity contribution >= 4 is 0 Å². The van der Waals surface area contributed by atoms with Crippen LogP contribution in [0.3, 0.4) is 0 Å². The molecule has 0 radical (unpaired) electrons. The molecule has 0 unspecified atom stereocenters. The van der Waals surface area contributed by atoms with E-state index in [1.807, 2.05) is 0 Å². The number of benzene rings is 2. The van der Waals surface area contributed by atoms with Crippen LogP contribution in [-0.2, 0) is 14.9 Å². The third-order valence-electron chi connectivity index (χ3n) is 4.12. The topological polar surface area (TPSA) is 18.5 Å². The Balaban J connectivity index is 2.48. The molecule has 0 aliphatic heterocycles. The molecule has 0 aliphatic rings. The number of rotatable bonds is 8. The third-order valence-corrected chi connectivity index (χ3v) is 4.12. The van der Waals surface area contributed by atoms with Crippen LogP contribution in [0.1, 0.15) is 24.0 Å². The van der Waals surface area contributed by atoms with Crippen LogP contribution in [0, 0.1) is 0 Å². The summed E-state index contributed by atoms with van der Waals surface area (Å²) in [4.78, 5) is 0. The molecule has 0 aliphatic carbocycles. The summed E-state index contributed by atoms with van der Waals surface area (Å²) in [6.45, 7) is 1.46. The van der Waals surface area contributed by atoms with Crippen molar-refractivity contribution in [2.24, 2.45) is 0 Å². The zero-order valence-electron chi connectivity index (χ0n) is 12.9. The molecule has 2 heteroatoms. The van der Waals surface area contributed by atoms with Crippen molar-refractivity contribution in [2.45, 2.75) is 18.3 Å². The molecule has 2 aromatic carbocycles. The van der Waals surface area contributed by atoms with Gasteiger partial charge in [0.1, 0.15) is 0 Å². The minimum Gasteiger partial charge on any atom is -0.385 e. The van der Waals surface area contributed by atoms with E-state index in [0.29, 0.717) is 0 Å². The zero-order valence-corrected chi connectivity index (χ0v) is 12.9. The second-order valence-corrected chi connectivity index (χ2v) is 5.30. The second kappa shape index (κ2) is 7.96. The Morgan fingerprint density at radius 1 is 0.667 bits per heavy atom. The first-order valence-electron chi connectivity index (χ1n) is 7.42. The van der Waals surface area contributed by atoms with E-state index < -0.39 is 0 Å². The molecule has 0 saturated heterocycles. The molecular weight excluding hydrogens is 260 g/mol. The third kappa shape index (κ3) is 3.72. The van der Waals surface area contributed by atoms with Gasteiger partial charge in [-0.3, -0.25) is 0 Å². The Kier molecular flexibility index (Phi) is 5.97. The van der Waals surface area contributed by atoms with Gasteiger partial charge in [0.25, 0.3) is 0 Å². The SMILES string of the molecule is COCCC(CCOC)(c1ccccc1)c1ccccc1. The van der Waals surface area contributed by atoms with Gasteiger partial charge in [0, 0.05) is 32.8 Å². The molecule has 21 heavy (non-hydrogen) atoms. The molecular formula is C19H24O2. The average molecular weight is 284 g/mol. The van der Waals surface area contributed by atoms with Crippen LogP contribution in [0.15, 0.2) is 60.7 Å². The number of methoxy groups -OCH3 is 2. The smallest absolute Gasteiger partial charge is 0.0474 e. The van der Waals surface area contributed by atoms with E-state index in [4.69, 9.17) is 9.47 Å². The van der Waals surface area contributed by atoms with Crippen molar-refractivity contribution in [3.63, 3.8) is 0 Å². The maximum absolute atomic E-state index is 5.38. The highest BCUT2D eigenvalue weighted by molar-refractivity contribution is 5.39. The standard InChI is InChI=1S/C19H24O2/c1-20-15-13-19(14-16-21-2,17-9-5-3-6-10-17)18-11-7-4-8-12-18/h3-12H,13-16H2,1-2H3. The van der Waals surface area contributed by atoms with Crippen LogP contribution >= 0.6 is 0 Å². The van der Waals surface area contributed by atoms with Crippen LogP contribution in [0.2, 0.25) is 0 Å². The lowest BCUT2D eigenvalue weighted by Gasteiger charge is -2.35. The fraction of sp³-hybridized carbons (Fsp3) is 0.368. The van der Waals surface area contributed by atoms with Gasteiger partial charge < -0.3 is 9.47 Å². The van der Waals surface area contributed by atoms with E-state index in [1.54, 1.807) is 14.2 Å². The van der Waals surface area contributed by atoms with Gasteiger partial charge in [0.2, 0.25) is 0 Å². The first kappa shape index (κ1) is 15.7. The van der Waals surface area contributed by atoms with Crippen molar-refractivity contribution < 1.29 is 9.47 Å². The molecule has 0 amide bonds. The van der Waals surface area contributed by atoms with Crippen molar-refractivity contribution in [3.05, 3.63) is 71.8 Å². The average Bonchev–Trinajstić information content (AvgIpc) is 2.57. The van der Waals surface area contributed by atoms with Crippen LogP contribution in [0.25, 0.3) is 0 Å². The molecule has 2 nitrogen and oxygen atoms in total. The lowest BCUT2D eigenvalue weighted by atomic mass is 9.70. The quantitative estimate of drug-likeness (QED) is 0.728. The number of hydrogen-bond donors (Lipinski definition) is 0. The van der Waals surface area contributed by atoms with Crippen LogP contribution in [-0.4, -0.2) is 27.4 Å². The van der Waals surface area contributed by atoms with Gasteiger partial charge in [-0.1, -0.05) is 60.7 Å². The summed E-state index contributed by atoms with van der Waals surface area (Å²) in [5.74, 6) is 0. The lowest BCUT2D eigenvalue weighted by molar-refractivity contribution is 0.143. The molecule has 0 fully saturated rings. The summed E-state index contributed by atoms with van der Waals surface area (Å²) in [5.41, 5.74) is 2.59. The summed E-state index contributed by atoms with van der Waals surface area (Å²) < 4.78 is 10.8. The maximum Gasteiger partial charge on any atom is 0.0474 e. The Labute approximate surface area is 127 Å². The van der Waals surface area contributed by atoms with Crippen molar-refractivity contribution in [1.82, 2.24) is 0 Å². The van der Waals surface area contributed by atoms with Gasteiger partial charge in [-0.2, -0.15) is 0 Å². The number of hydrogen-bond acceptors (Lipinski definition) is 2. The monoisotopic (exact) mass is 284 g/mol. The summed E-state index contributed by atoms with van der Waals surface area (Å²) in [6.07, 6.45) is 1.89. The zero-order chi connectivity index (χ0) is 15.0. The molecule has 0 bridgehead atoms. The lowest BCUT2D eigenvalue weighted by Crippen LogP contribution is -2.31. The second-order valence-electron chi connectivity index (χ2n) is 5.30. The molecule has 0 spiro atoms. The first-order valence-corrected chi connectivity index (χ1v) is 7.42. The Morgan fingerprint density at radius 3 is 1.38 bits per heavy atom. The van der Waals surface area contributed by atoms with Gasteiger partial charge in [0.05, 0.1) is 0 Å². The minimum absolute atomic E-state index is 0.0610. The Bertz CT molecular complexity index is 458. The summed E-state index contributed by atoms with van der Waals surface area (Å²) in [6, 6.07) is 21.4. The molecule has 2 aromatic rings. The fourth-order valence-electron chi connectivity index (χ4n) is 2.94. The van der Waals surface area contributed by atoms with E-state index in [0.717, 1.165) is 26.1 Å². The normalized spacial score (nSPS) is 11.5. The van der Waals surface area contributed by atoms with Crippen LogP contribution < -0.4 is 0 Å². The van der Waals surface area contributed by atoms with E-state index in [-0.39, 0.29) is 5.41 Å². The predicted molar refractivity (Wildman–Crippen MR) is 86.7 cm³/mol.